The van der Waals surface area contributed by atoms with Crippen LogP contribution >= 0.6 is 0 Å². The Balaban J connectivity index is 2.11. The Morgan fingerprint density at radius 2 is 2.00 bits per heavy atom. The molecule has 88 valence electrons. The Morgan fingerprint density at radius 3 is 2.69 bits per heavy atom. The monoisotopic (exact) mass is 223 g/mol. The van der Waals surface area contributed by atoms with Crippen molar-refractivity contribution in [3.05, 3.63) is 35.9 Å². The van der Waals surface area contributed by atoms with Crippen LogP contribution in [0.15, 0.2) is 30.3 Å². The summed E-state index contributed by atoms with van der Waals surface area (Å²) in [6, 6.07) is 9.55. The van der Waals surface area contributed by atoms with Gasteiger partial charge in [0.25, 0.3) is 0 Å². The molecule has 1 aromatic carbocycles. The molecule has 5 heteroatoms. The number of alkyl carbamates (subject to hydrolysis) is 1. The van der Waals surface area contributed by atoms with Gasteiger partial charge in [-0.1, -0.05) is 30.3 Å². The van der Waals surface area contributed by atoms with Crippen LogP contribution < -0.4 is 16.6 Å². The predicted octanol–water partition coefficient (Wildman–Crippen LogP) is 0.766. The van der Waals surface area contributed by atoms with Crippen molar-refractivity contribution in [3.63, 3.8) is 0 Å². The molecular formula is C11H17N3O2. The Morgan fingerprint density at radius 1 is 1.25 bits per heavy atom. The van der Waals surface area contributed by atoms with Crippen LogP contribution in [0.25, 0.3) is 0 Å². The molecule has 16 heavy (non-hydrogen) atoms. The lowest BCUT2D eigenvalue weighted by Gasteiger charge is -2.06. The number of hydrogen-bond acceptors (Lipinski definition) is 4. The minimum absolute atomic E-state index is 0.293. The lowest BCUT2D eigenvalue weighted by molar-refractivity contribution is 0.139. The van der Waals surface area contributed by atoms with Crippen molar-refractivity contribution in [2.75, 3.05) is 13.1 Å². The maximum absolute atomic E-state index is 11.2. The molecule has 1 amide bonds. The summed E-state index contributed by atoms with van der Waals surface area (Å²) >= 11 is 0. The van der Waals surface area contributed by atoms with Gasteiger partial charge < -0.3 is 10.1 Å². The number of amides is 1. The van der Waals surface area contributed by atoms with Crippen LogP contribution in [0, 0.1) is 0 Å². The molecule has 0 aliphatic heterocycles. The maximum Gasteiger partial charge on any atom is 0.407 e. The number of ether oxygens (including phenoxy) is 1. The predicted molar refractivity (Wildman–Crippen MR) is 61.4 cm³/mol. The smallest absolute Gasteiger partial charge is 0.407 e. The first-order chi connectivity index (χ1) is 7.83. The first kappa shape index (κ1) is 12.5. The van der Waals surface area contributed by atoms with E-state index in [1.54, 1.807) is 0 Å². The fraction of sp³-hybridized carbons (Fsp3) is 0.364. The van der Waals surface area contributed by atoms with Gasteiger partial charge in [0.05, 0.1) is 0 Å². The van der Waals surface area contributed by atoms with Crippen LogP contribution in [0.2, 0.25) is 0 Å². The van der Waals surface area contributed by atoms with Crippen LogP contribution in [0.3, 0.4) is 0 Å². The molecule has 0 aliphatic rings. The number of benzene rings is 1. The first-order valence-corrected chi connectivity index (χ1v) is 5.21. The number of carbonyl (C=O) groups excluding carboxylic acids is 1. The van der Waals surface area contributed by atoms with Gasteiger partial charge in [0.15, 0.2) is 0 Å². The van der Waals surface area contributed by atoms with Crippen molar-refractivity contribution < 1.29 is 9.53 Å². The van der Waals surface area contributed by atoms with E-state index in [4.69, 9.17) is 10.6 Å². The van der Waals surface area contributed by atoms with Crippen molar-refractivity contribution in [2.45, 2.75) is 13.0 Å². The second-order valence-corrected chi connectivity index (χ2v) is 3.30. The second kappa shape index (κ2) is 7.67. The molecule has 5 nitrogen and oxygen atoms in total. The fourth-order valence-corrected chi connectivity index (χ4v) is 1.16. The van der Waals surface area contributed by atoms with Crippen LogP contribution in [-0.4, -0.2) is 19.2 Å². The van der Waals surface area contributed by atoms with Crippen LogP contribution in [0.4, 0.5) is 4.79 Å². The van der Waals surface area contributed by atoms with E-state index in [1.807, 2.05) is 30.3 Å². The van der Waals surface area contributed by atoms with E-state index < -0.39 is 6.09 Å². The van der Waals surface area contributed by atoms with E-state index in [9.17, 15) is 4.79 Å². The average molecular weight is 223 g/mol. The summed E-state index contributed by atoms with van der Waals surface area (Å²) < 4.78 is 5.01. The quantitative estimate of drug-likeness (QED) is 0.378. The minimum Gasteiger partial charge on any atom is -0.445 e. The van der Waals surface area contributed by atoms with Crippen molar-refractivity contribution in [3.8, 4) is 0 Å². The van der Waals surface area contributed by atoms with Gasteiger partial charge in [0, 0.05) is 13.1 Å². The number of hydrogen-bond donors (Lipinski definition) is 3. The summed E-state index contributed by atoms with van der Waals surface area (Å²) in [6.45, 7) is 1.51. The summed E-state index contributed by atoms with van der Waals surface area (Å²) in [7, 11) is 0. The number of nitrogens with two attached hydrogens (primary N) is 1. The molecule has 0 bridgehead atoms. The highest BCUT2D eigenvalue weighted by atomic mass is 16.5. The Bertz CT molecular complexity index is 303. The van der Waals surface area contributed by atoms with Gasteiger partial charge in [-0.2, -0.15) is 0 Å². The van der Waals surface area contributed by atoms with Gasteiger partial charge in [-0.25, -0.2) is 4.79 Å². The van der Waals surface area contributed by atoms with Gasteiger partial charge >= 0.3 is 6.09 Å². The topological polar surface area (TPSA) is 76.4 Å². The lowest BCUT2D eigenvalue weighted by atomic mass is 10.2. The number of nitrogens with one attached hydrogen (secondary N) is 2. The molecule has 0 radical (unpaired) electrons. The third-order valence-electron chi connectivity index (χ3n) is 1.98. The highest BCUT2D eigenvalue weighted by Crippen LogP contribution is 2.00. The van der Waals surface area contributed by atoms with Crippen molar-refractivity contribution in [1.29, 1.82) is 0 Å². The van der Waals surface area contributed by atoms with Crippen molar-refractivity contribution >= 4 is 6.09 Å². The molecule has 0 fully saturated rings. The van der Waals surface area contributed by atoms with E-state index in [-0.39, 0.29) is 0 Å². The van der Waals surface area contributed by atoms with Crippen LogP contribution in [-0.2, 0) is 11.3 Å². The zero-order valence-electron chi connectivity index (χ0n) is 9.11. The molecule has 0 heterocycles. The number of carbonyl (C=O) groups is 1. The number of hydrazine groups is 1. The zero-order valence-corrected chi connectivity index (χ0v) is 9.11. The molecule has 4 N–H and O–H groups in total. The van der Waals surface area contributed by atoms with Crippen LogP contribution in [0.1, 0.15) is 12.0 Å². The van der Waals surface area contributed by atoms with Crippen molar-refractivity contribution in [1.82, 2.24) is 10.7 Å². The van der Waals surface area contributed by atoms with E-state index in [1.165, 1.54) is 0 Å². The first-order valence-electron chi connectivity index (χ1n) is 5.21. The fourth-order valence-electron chi connectivity index (χ4n) is 1.16. The van der Waals surface area contributed by atoms with Gasteiger partial charge in [-0.3, -0.25) is 11.3 Å². The maximum atomic E-state index is 11.2. The van der Waals surface area contributed by atoms with E-state index >= 15 is 0 Å². The molecule has 1 rings (SSSR count). The van der Waals surface area contributed by atoms with E-state index in [2.05, 4.69) is 10.7 Å². The van der Waals surface area contributed by atoms with Gasteiger partial charge in [-0.15, -0.1) is 0 Å². The standard InChI is InChI=1S/C11H17N3O2/c12-14-8-4-7-13-11(15)16-9-10-5-2-1-3-6-10/h1-3,5-6,14H,4,7-9,12H2,(H,13,15). The van der Waals surface area contributed by atoms with Crippen LogP contribution in [0.5, 0.6) is 0 Å². The third-order valence-corrected chi connectivity index (χ3v) is 1.98. The molecule has 0 aromatic heterocycles. The molecule has 0 aliphatic carbocycles. The van der Waals surface area contributed by atoms with Gasteiger partial charge in [0.1, 0.15) is 6.61 Å². The summed E-state index contributed by atoms with van der Waals surface area (Å²) in [5.41, 5.74) is 3.48. The van der Waals surface area contributed by atoms with Crippen molar-refractivity contribution in [2.24, 2.45) is 5.84 Å². The molecular weight excluding hydrogens is 206 g/mol. The Kier molecular flexibility index (Phi) is 5.98. The SMILES string of the molecule is NNCCCNC(=O)OCc1ccccc1. The van der Waals surface area contributed by atoms with Gasteiger partial charge in [-0.05, 0) is 12.0 Å². The summed E-state index contributed by atoms with van der Waals surface area (Å²) in [6.07, 6.45) is 0.373. The van der Waals surface area contributed by atoms with E-state index in [0.717, 1.165) is 12.0 Å². The summed E-state index contributed by atoms with van der Waals surface area (Å²) in [4.78, 5) is 11.2. The second-order valence-electron chi connectivity index (χ2n) is 3.30. The summed E-state index contributed by atoms with van der Waals surface area (Å²) in [5, 5.41) is 2.63. The Hall–Kier alpha value is -1.59. The highest BCUT2D eigenvalue weighted by molar-refractivity contribution is 5.67. The molecule has 0 atom stereocenters. The molecule has 0 saturated carbocycles. The van der Waals surface area contributed by atoms with E-state index in [0.29, 0.717) is 19.7 Å². The number of rotatable bonds is 6. The molecule has 0 saturated heterocycles. The highest BCUT2D eigenvalue weighted by Gasteiger charge is 2.00. The molecule has 0 spiro atoms. The third kappa shape index (κ3) is 5.33. The Labute approximate surface area is 94.9 Å². The average Bonchev–Trinajstić information content (AvgIpc) is 2.33. The van der Waals surface area contributed by atoms with Gasteiger partial charge in [0.2, 0.25) is 0 Å². The lowest BCUT2D eigenvalue weighted by Crippen LogP contribution is -2.29. The summed E-state index contributed by atoms with van der Waals surface area (Å²) in [5.74, 6) is 5.09. The largest absolute Gasteiger partial charge is 0.445 e. The molecule has 1 aromatic rings. The zero-order chi connectivity index (χ0) is 11.6. The molecule has 0 unspecified atom stereocenters. The normalized spacial score (nSPS) is 9.81. The minimum atomic E-state index is -0.402.